The number of hydrogen-bond donors (Lipinski definition) is 2. The van der Waals surface area contributed by atoms with E-state index in [1.54, 1.807) is 6.92 Å². The Morgan fingerprint density at radius 1 is 1.78 bits per heavy atom. The summed E-state index contributed by atoms with van der Waals surface area (Å²) >= 11 is 10.2. The van der Waals surface area contributed by atoms with Gasteiger partial charge in [0.05, 0.1) is 6.61 Å². The van der Waals surface area contributed by atoms with Crippen LogP contribution in [0.15, 0.2) is 10.6 Å². The third kappa shape index (κ3) is 30.6. The standard InChI is InChI=1S/C3H4Cl2.C2H7NO/c1-3(5)2-4;3-1-2-4/h2H,1H3;4H,1-3H2. The van der Waals surface area contributed by atoms with Gasteiger partial charge in [0, 0.05) is 17.1 Å². The zero-order valence-electron chi connectivity index (χ0n) is 5.27. The van der Waals surface area contributed by atoms with E-state index in [1.807, 2.05) is 0 Å². The lowest BCUT2D eigenvalue weighted by Gasteiger charge is -1.71. The van der Waals surface area contributed by atoms with Gasteiger partial charge in [-0.15, -0.1) is 0 Å². The lowest BCUT2D eigenvalue weighted by Crippen LogP contribution is -2.02. The molecule has 0 saturated heterocycles. The van der Waals surface area contributed by atoms with Gasteiger partial charge in [-0.25, -0.2) is 0 Å². The molecule has 0 aliphatic carbocycles. The third-order valence-electron chi connectivity index (χ3n) is 0.279. The first-order valence-corrected chi connectivity index (χ1v) is 3.23. The van der Waals surface area contributed by atoms with Crippen molar-refractivity contribution in [2.45, 2.75) is 6.92 Å². The van der Waals surface area contributed by atoms with Crippen molar-refractivity contribution in [1.29, 1.82) is 0 Å². The van der Waals surface area contributed by atoms with Crippen molar-refractivity contribution >= 4 is 23.2 Å². The summed E-state index contributed by atoms with van der Waals surface area (Å²) in [4.78, 5) is 0. The van der Waals surface area contributed by atoms with Crippen molar-refractivity contribution in [2.75, 3.05) is 13.2 Å². The highest BCUT2D eigenvalue weighted by Crippen LogP contribution is 1.97. The Labute approximate surface area is 65.3 Å². The Hall–Kier alpha value is 0.240. The Bertz CT molecular complexity index is 69.4. The molecular weight excluding hydrogens is 161 g/mol. The van der Waals surface area contributed by atoms with Crippen LogP contribution in [-0.4, -0.2) is 18.3 Å². The van der Waals surface area contributed by atoms with E-state index in [9.17, 15) is 0 Å². The highest BCUT2D eigenvalue weighted by molar-refractivity contribution is 6.36. The fourth-order valence-corrected chi connectivity index (χ4v) is 0. The molecule has 0 fully saturated rings. The van der Waals surface area contributed by atoms with Crippen LogP contribution in [0, 0.1) is 0 Å². The van der Waals surface area contributed by atoms with Gasteiger partial charge in [-0.3, -0.25) is 0 Å². The van der Waals surface area contributed by atoms with E-state index in [2.05, 4.69) is 0 Å². The quantitative estimate of drug-likeness (QED) is 0.625. The molecule has 3 N–H and O–H groups in total. The molecule has 56 valence electrons. The van der Waals surface area contributed by atoms with E-state index < -0.39 is 0 Å². The van der Waals surface area contributed by atoms with E-state index >= 15 is 0 Å². The van der Waals surface area contributed by atoms with Crippen LogP contribution in [0.4, 0.5) is 0 Å². The van der Waals surface area contributed by atoms with Crippen molar-refractivity contribution in [2.24, 2.45) is 5.73 Å². The second kappa shape index (κ2) is 11.1. The molecule has 0 saturated carbocycles. The normalized spacial score (nSPS) is 10.1. The first kappa shape index (κ1) is 12.0. The van der Waals surface area contributed by atoms with E-state index in [4.69, 9.17) is 34.0 Å². The van der Waals surface area contributed by atoms with Crippen molar-refractivity contribution in [1.82, 2.24) is 0 Å². The number of aliphatic hydroxyl groups is 1. The summed E-state index contributed by atoms with van der Waals surface area (Å²) < 4.78 is 0. The van der Waals surface area contributed by atoms with Crippen LogP contribution in [0.1, 0.15) is 6.92 Å². The molecule has 0 spiro atoms. The molecule has 9 heavy (non-hydrogen) atoms. The maximum Gasteiger partial charge on any atom is 0.0553 e. The molecule has 0 heterocycles. The molecule has 0 rings (SSSR count). The van der Waals surface area contributed by atoms with Crippen LogP contribution in [0.2, 0.25) is 0 Å². The molecule has 0 aliphatic rings. The van der Waals surface area contributed by atoms with Crippen LogP contribution < -0.4 is 5.73 Å². The molecule has 2 nitrogen and oxygen atoms in total. The maximum atomic E-state index is 7.75. The predicted molar refractivity (Wildman–Crippen MR) is 41.6 cm³/mol. The molecule has 0 unspecified atom stereocenters. The molecular formula is C5H11Cl2NO. The number of hydrogen-bond acceptors (Lipinski definition) is 2. The number of allylic oxidation sites excluding steroid dienone is 1. The summed E-state index contributed by atoms with van der Waals surface area (Å²) in [5.74, 6) is 0. The van der Waals surface area contributed by atoms with E-state index in [0.29, 0.717) is 11.6 Å². The van der Waals surface area contributed by atoms with Gasteiger partial charge in [0.15, 0.2) is 0 Å². The molecule has 0 radical (unpaired) electrons. The largest absolute Gasteiger partial charge is 0.395 e. The lowest BCUT2D eigenvalue weighted by atomic mass is 10.8. The minimum atomic E-state index is 0.0972. The first-order chi connectivity index (χ1) is 4.18. The van der Waals surface area contributed by atoms with Crippen LogP contribution in [0.25, 0.3) is 0 Å². The Morgan fingerprint density at radius 3 is 2.00 bits per heavy atom. The lowest BCUT2D eigenvalue weighted by molar-refractivity contribution is 0.306. The summed E-state index contributed by atoms with van der Waals surface area (Å²) in [6.07, 6.45) is 0. The van der Waals surface area contributed by atoms with Gasteiger partial charge in [-0.2, -0.15) is 0 Å². The first-order valence-electron chi connectivity index (χ1n) is 2.42. The Kier molecular flexibility index (Phi) is 14.8. The van der Waals surface area contributed by atoms with Crippen LogP contribution in [0.3, 0.4) is 0 Å². The average molecular weight is 172 g/mol. The third-order valence-corrected chi connectivity index (χ3v) is 0.828. The Balaban J connectivity index is 0. The van der Waals surface area contributed by atoms with Gasteiger partial charge in [-0.05, 0) is 6.92 Å². The highest BCUT2D eigenvalue weighted by Gasteiger charge is 1.66. The molecule has 0 amide bonds. The van der Waals surface area contributed by atoms with E-state index in [-0.39, 0.29) is 6.61 Å². The van der Waals surface area contributed by atoms with Gasteiger partial charge in [0.1, 0.15) is 0 Å². The second-order valence-electron chi connectivity index (χ2n) is 1.21. The van der Waals surface area contributed by atoms with E-state index in [1.165, 1.54) is 5.54 Å². The summed E-state index contributed by atoms with van der Waals surface area (Å²) in [5.41, 5.74) is 6.10. The topological polar surface area (TPSA) is 46.2 Å². The van der Waals surface area contributed by atoms with Crippen molar-refractivity contribution in [3.05, 3.63) is 10.6 Å². The van der Waals surface area contributed by atoms with Crippen LogP contribution in [0.5, 0.6) is 0 Å². The average Bonchev–Trinajstić information content (AvgIpc) is 1.89. The Morgan fingerprint density at radius 2 is 2.00 bits per heavy atom. The smallest absolute Gasteiger partial charge is 0.0553 e. The summed E-state index contributed by atoms with van der Waals surface area (Å²) in [6, 6.07) is 0. The molecule has 0 bridgehead atoms. The minimum absolute atomic E-state index is 0.0972. The maximum absolute atomic E-state index is 7.75. The molecule has 0 aliphatic heterocycles. The molecule has 0 aromatic heterocycles. The van der Waals surface area contributed by atoms with Crippen LogP contribution >= 0.6 is 23.2 Å². The predicted octanol–water partition coefficient (Wildman–Crippen LogP) is 1.26. The summed E-state index contributed by atoms with van der Waals surface area (Å²) in [6.45, 7) is 2.19. The molecule has 0 aromatic rings. The summed E-state index contributed by atoms with van der Waals surface area (Å²) in [5, 5.41) is 8.37. The van der Waals surface area contributed by atoms with Crippen molar-refractivity contribution < 1.29 is 5.11 Å². The zero-order valence-corrected chi connectivity index (χ0v) is 6.78. The number of rotatable bonds is 1. The zero-order chi connectivity index (χ0) is 7.70. The minimum Gasteiger partial charge on any atom is -0.395 e. The van der Waals surface area contributed by atoms with Gasteiger partial charge >= 0.3 is 0 Å². The molecule has 0 atom stereocenters. The van der Waals surface area contributed by atoms with Gasteiger partial charge in [-0.1, -0.05) is 23.2 Å². The van der Waals surface area contributed by atoms with Gasteiger partial charge in [0.2, 0.25) is 0 Å². The second-order valence-corrected chi connectivity index (χ2v) is 2.02. The van der Waals surface area contributed by atoms with Gasteiger partial charge in [0.25, 0.3) is 0 Å². The number of nitrogens with two attached hydrogens (primary N) is 1. The van der Waals surface area contributed by atoms with Crippen molar-refractivity contribution in [3.8, 4) is 0 Å². The monoisotopic (exact) mass is 171 g/mol. The molecule has 4 heteroatoms. The van der Waals surface area contributed by atoms with E-state index in [0.717, 1.165) is 0 Å². The fraction of sp³-hybridized carbons (Fsp3) is 0.600. The SMILES string of the molecule is CC(Cl)=CCl.NCCO. The van der Waals surface area contributed by atoms with Crippen molar-refractivity contribution in [3.63, 3.8) is 0 Å². The van der Waals surface area contributed by atoms with Gasteiger partial charge < -0.3 is 10.8 Å². The fourth-order valence-electron chi connectivity index (χ4n) is 0. The number of aliphatic hydroxyl groups excluding tert-OH is 1. The highest BCUT2D eigenvalue weighted by atomic mass is 35.5. The summed E-state index contributed by atoms with van der Waals surface area (Å²) in [7, 11) is 0. The number of halogens is 2. The molecule has 0 aromatic carbocycles. The van der Waals surface area contributed by atoms with Crippen LogP contribution in [-0.2, 0) is 0 Å².